The van der Waals surface area contributed by atoms with E-state index in [2.05, 4.69) is 36.2 Å². The van der Waals surface area contributed by atoms with E-state index in [1.165, 1.54) is 17.5 Å². The van der Waals surface area contributed by atoms with Crippen molar-refractivity contribution < 1.29 is 4.74 Å². The van der Waals surface area contributed by atoms with Crippen molar-refractivity contribution in [3.05, 3.63) is 35.4 Å². The molecule has 0 bridgehead atoms. The number of methoxy groups -OCH3 is 1. The van der Waals surface area contributed by atoms with Gasteiger partial charge in [-0.15, -0.1) is 0 Å². The van der Waals surface area contributed by atoms with Gasteiger partial charge in [-0.25, -0.2) is 0 Å². The Morgan fingerprint density at radius 2 is 2.29 bits per heavy atom. The number of nitrogens with zero attached hydrogens (tertiary/aromatic N) is 1. The Bertz CT molecular complexity index is 367. The van der Waals surface area contributed by atoms with Gasteiger partial charge < -0.3 is 10.5 Å². The Morgan fingerprint density at radius 3 is 3.00 bits per heavy atom. The second-order valence-electron chi connectivity index (χ2n) is 4.89. The summed E-state index contributed by atoms with van der Waals surface area (Å²) in [6.45, 7) is 2.59. The van der Waals surface area contributed by atoms with Gasteiger partial charge >= 0.3 is 0 Å². The summed E-state index contributed by atoms with van der Waals surface area (Å²) in [6.07, 6.45) is 1.20. The van der Waals surface area contributed by atoms with Crippen LogP contribution in [0.1, 0.15) is 23.6 Å². The summed E-state index contributed by atoms with van der Waals surface area (Å²) < 4.78 is 5.19. The molecule has 2 unspecified atom stereocenters. The number of rotatable bonds is 4. The van der Waals surface area contributed by atoms with E-state index in [1.807, 2.05) is 0 Å². The lowest BCUT2D eigenvalue weighted by atomic mass is 9.93. The molecule has 2 rings (SSSR count). The molecule has 2 atom stereocenters. The monoisotopic (exact) mass is 234 g/mol. The first-order valence-corrected chi connectivity index (χ1v) is 6.24. The second-order valence-corrected chi connectivity index (χ2v) is 4.89. The van der Waals surface area contributed by atoms with Crippen molar-refractivity contribution in [2.75, 3.05) is 27.2 Å². The third-order valence-corrected chi connectivity index (χ3v) is 3.68. The topological polar surface area (TPSA) is 38.5 Å². The van der Waals surface area contributed by atoms with Crippen LogP contribution in [0.5, 0.6) is 0 Å². The maximum absolute atomic E-state index is 5.87. The van der Waals surface area contributed by atoms with Crippen molar-refractivity contribution in [3.8, 4) is 0 Å². The zero-order valence-corrected chi connectivity index (χ0v) is 10.7. The smallest absolute Gasteiger partial charge is 0.0713 e. The van der Waals surface area contributed by atoms with E-state index >= 15 is 0 Å². The van der Waals surface area contributed by atoms with Crippen LogP contribution in [0.3, 0.4) is 0 Å². The fourth-order valence-electron chi connectivity index (χ4n) is 2.83. The van der Waals surface area contributed by atoms with E-state index in [1.54, 1.807) is 7.11 Å². The lowest BCUT2D eigenvalue weighted by Crippen LogP contribution is -2.25. The van der Waals surface area contributed by atoms with Crippen LogP contribution < -0.4 is 5.73 Å². The normalized spacial score (nSPS) is 25.4. The molecule has 2 N–H and O–H groups in total. The quantitative estimate of drug-likeness (QED) is 0.863. The second kappa shape index (κ2) is 5.63. The van der Waals surface area contributed by atoms with Crippen molar-refractivity contribution in [2.24, 2.45) is 11.7 Å². The Kier molecular flexibility index (Phi) is 4.15. The SMILES string of the molecule is COCc1cccc(C2C(CN)CCN2C)c1. The van der Waals surface area contributed by atoms with Crippen molar-refractivity contribution in [2.45, 2.75) is 19.1 Å². The Morgan fingerprint density at radius 1 is 1.47 bits per heavy atom. The minimum Gasteiger partial charge on any atom is -0.380 e. The summed E-state index contributed by atoms with van der Waals surface area (Å²) in [7, 11) is 3.92. The molecule has 0 saturated carbocycles. The van der Waals surface area contributed by atoms with Gasteiger partial charge in [-0.3, -0.25) is 4.90 Å². The van der Waals surface area contributed by atoms with Gasteiger partial charge in [0.15, 0.2) is 0 Å². The summed E-state index contributed by atoms with van der Waals surface area (Å²) in [5, 5.41) is 0. The van der Waals surface area contributed by atoms with Crippen molar-refractivity contribution in [1.29, 1.82) is 0 Å². The van der Waals surface area contributed by atoms with Gasteiger partial charge in [0.1, 0.15) is 0 Å². The molecule has 0 spiro atoms. The van der Waals surface area contributed by atoms with Gasteiger partial charge in [0, 0.05) is 13.2 Å². The van der Waals surface area contributed by atoms with Gasteiger partial charge in [0.25, 0.3) is 0 Å². The van der Waals surface area contributed by atoms with E-state index in [9.17, 15) is 0 Å². The van der Waals surface area contributed by atoms with Crippen LogP contribution in [0, 0.1) is 5.92 Å². The number of ether oxygens (including phenoxy) is 1. The highest BCUT2D eigenvalue weighted by Gasteiger charge is 2.31. The highest BCUT2D eigenvalue weighted by atomic mass is 16.5. The molecule has 1 aromatic rings. The van der Waals surface area contributed by atoms with Crippen LogP contribution >= 0.6 is 0 Å². The average Bonchev–Trinajstić information content (AvgIpc) is 2.71. The molecule has 1 saturated heterocycles. The van der Waals surface area contributed by atoms with E-state index in [4.69, 9.17) is 10.5 Å². The number of benzene rings is 1. The summed E-state index contributed by atoms with van der Waals surface area (Å²) in [4.78, 5) is 2.41. The highest BCUT2D eigenvalue weighted by Crippen LogP contribution is 2.35. The minimum absolute atomic E-state index is 0.469. The van der Waals surface area contributed by atoms with Crippen LogP contribution in [0.25, 0.3) is 0 Å². The third kappa shape index (κ3) is 2.68. The predicted molar refractivity (Wildman–Crippen MR) is 69.7 cm³/mol. The number of hydrogen-bond donors (Lipinski definition) is 1. The molecule has 94 valence electrons. The Balaban J connectivity index is 2.22. The van der Waals surface area contributed by atoms with E-state index in [0.29, 0.717) is 18.6 Å². The Labute approximate surface area is 104 Å². The summed E-state index contributed by atoms with van der Waals surface area (Å²) in [5.74, 6) is 0.581. The minimum atomic E-state index is 0.469. The number of hydrogen-bond acceptors (Lipinski definition) is 3. The molecule has 1 aliphatic rings. The summed E-state index contributed by atoms with van der Waals surface area (Å²) >= 11 is 0. The molecule has 3 heteroatoms. The van der Waals surface area contributed by atoms with Crippen molar-refractivity contribution in [3.63, 3.8) is 0 Å². The maximum Gasteiger partial charge on any atom is 0.0713 e. The molecule has 1 heterocycles. The number of likely N-dealkylation sites (tertiary alicyclic amines) is 1. The molecule has 1 aromatic carbocycles. The molecule has 1 fully saturated rings. The molecule has 3 nitrogen and oxygen atoms in total. The van der Waals surface area contributed by atoms with Crippen molar-refractivity contribution in [1.82, 2.24) is 4.90 Å². The highest BCUT2D eigenvalue weighted by molar-refractivity contribution is 5.27. The van der Waals surface area contributed by atoms with E-state index < -0.39 is 0 Å². The van der Waals surface area contributed by atoms with E-state index in [0.717, 1.165) is 13.1 Å². The average molecular weight is 234 g/mol. The molecular weight excluding hydrogens is 212 g/mol. The zero-order valence-electron chi connectivity index (χ0n) is 10.7. The van der Waals surface area contributed by atoms with Crippen molar-refractivity contribution >= 4 is 0 Å². The molecule has 0 amide bonds. The first kappa shape index (κ1) is 12.6. The molecule has 1 aliphatic heterocycles. The summed E-state index contributed by atoms with van der Waals surface area (Å²) in [5.41, 5.74) is 8.48. The molecule has 0 radical (unpaired) electrons. The lowest BCUT2D eigenvalue weighted by Gasteiger charge is -2.25. The zero-order chi connectivity index (χ0) is 12.3. The third-order valence-electron chi connectivity index (χ3n) is 3.68. The molecular formula is C14H22N2O. The fourth-order valence-corrected chi connectivity index (χ4v) is 2.83. The first-order valence-electron chi connectivity index (χ1n) is 6.24. The van der Waals surface area contributed by atoms with Crippen LogP contribution in [0.2, 0.25) is 0 Å². The maximum atomic E-state index is 5.87. The predicted octanol–water partition coefficient (Wildman–Crippen LogP) is 1.78. The Hall–Kier alpha value is -0.900. The van der Waals surface area contributed by atoms with Gasteiger partial charge in [0.05, 0.1) is 6.61 Å². The largest absolute Gasteiger partial charge is 0.380 e. The fraction of sp³-hybridized carbons (Fsp3) is 0.571. The molecule has 0 aliphatic carbocycles. The van der Waals surface area contributed by atoms with Crippen LogP contribution in [-0.2, 0) is 11.3 Å². The standard InChI is InChI=1S/C14H22N2O/c1-16-7-6-13(9-15)14(16)12-5-3-4-11(8-12)10-17-2/h3-5,8,13-14H,6-7,9-10,15H2,1-2H3. The summed E-state index contributed by atoms with van der Waals surface area (Å²) in [6, 6.07) is 9.15. The van der Waals surface area contributed by atoms with Gasteiger partial charge in [-0.05, 0) is 43.6 Å². The first-order chi connectivity index (χ1) is 8.26. The van der Waals surface area contributed by atoms with E-state index in [-0.39, 0.29) is 0 Å². The molecule has 0 aromatic heterocycles. The lowest BCUT2D eigenvalue weighted by molar-refractivity contribution is 0.184. The number of nitrogens with two attached hydrogens (primary N) is 1. The molecule has 17 heavy (non-hydrogen) atoms. The van der Waals surface area contributed by atoms with Gasteiger partial charge in [-0.2, -0.15) is 0 Å². The van der Waals surface area contributed by atoms with Gasteiger partial charge in [0.2, 0.25) is 0 Å². The van der Waals surface area contributed by atoms with Crippen LogP contribution in [0.4, 0.5) is 0 Å². The van der Waals surface area contributed by atoms with Gasteiger partial charge in [-0.1, -0.05) is 24.3 Å². The van der Waals surface area contributed by atoms with Crippen LogP contribution in [0.15, 0.2) is 24.3 Å². The van der Waals surface area contributed by atoms with Crippen LogP contribution in [-0.4, -0.2) is 32.1 Å².